The van der Waals surface area contributed by atoms with Crippen LogP contribution in [-0.4, -0.2) is 24.9 Å². The van der Waals surface area contributed by atoms with Crippen molar-refractivity contribution in [1.82, 2.24) is 30.2 Å². The molecule has 2 aromatic heterocycles. The minimum atomic E-state index is 0.123. The summed E-state index contributed by atoms with van der Waals surface area (Å²) in [7, 11) is 0. The minimum Gasteiger partial charge on any atom is -0.339 e. The van der Waals surface area contributed by atoms with Gasteiger partial charge in [0.15, 0.2) is 5.82 Å². The highest BCUT2D eigenvalue weighted by atomic mass is 16.5. The van der Waals surface area contributed by atoms with Crippen LogP contribution in [0.25, 0.3) is 0 Å². The highest BCUT2D eigenvalue weighted by Gasteiger charge is 2.20. The second-order valence-electron chi connectivity index (χ2n) is 5.54. The maximum Gasteiger partial charge on any atom is 0.226 e. The van der Waals surface area contributed by atoms with Crippen molar-refractivity contribution in [2.24, 2.45) is 0 Å². The van der Waals surface area contributed by atoms with Gasteiger partial charge < -0.3 is 14.4 Å². The van der Waals surface area contributed by atoms with E-state index < -0.39 is 0 Å². The summed E-state index contributed by atoms with van der Waals surface area (Å²) < 4.78 is 7.42. The van der Waals surface area contributed by atoms with E-state index in [0.29, 0.717) is 18.3 Å². The molecule has 0 fully saturated rings. The summed E-state index contributed by atoms with van der Waals surface area (Å²) in [5, 5.41) is 16.0. The van der Waals surface area contributed by atoms with E-state index in [2.05, 4.69) is 44.1 Å². The fourth-order valence-corrected chi connectivity index (χ4v) is 2.66. The van der Waals surface area contributed by atoms with Crippen LogP contribution in [0, 0.1) is 0 Å². The molecule has 0 bridgehead atoms. The number of nitrogens with zero attached hydrogens (tertiary/aromatic N) is 5. The first kappa shape index (κ1) is 14.2. The molecule has 3 rings (SSSR count). The zero-order chi connectivity index (χ0) is 14.7. The van der Waals surface area contributed by atoms with Crippen LogP contribution < -0.4 is 5.32 Å². The van der Waals surface area contributed by atoms with E-state index in [9.17, 15) is 0 Å². The standard InChI is InChI=1S/C14H22N6O/c1-3-6-13-16-11(19-21-13)9-15-10(2)14-18-17-12-7-4-5-8-20(12)14/h10,15H,3-9H2,1-2H3. The van der Waals surface area contributed by atoms with Crippen LogP contribution in [0.5, 0.6) is 0 Å². The van der Waals surface area contributed by atoms with Crippen molar-refractivity contribution in [3.63, 3.8) is 0 Å². The summed E-state index contributed by atoms with van der Waals surface area (Å²) in [6.45, 7) is 5.79. The Morgan fingerprint density at radius 3 is 3.10 bits per heavy atom. The van der Waals surface area contributed by atoms with Crippen molar-refractivity contribution in [2.45, 2.75) is 65.1 Å². The summed E-state index contributed by atoms with van der Waals surface area (Å²) in [4.78, 5) is 4.36. The number of fused-ring (bicyclic) bond motifs is 1. The van der Waals surface area contributed by atoms with E-state index >= 15 is 0 Å². The topological polar surface area (TPSA) is 81.7 Å². The molecule has 0 saturated carbocycles. The Morgan fingerprint density at radius 2 is 2.24 bits per heavy atom. The molecule has 0 spiro atoms. The summed E-state index contributed by atoms with van der Waals surface area (Å²) in [5.41, 5.74) is 0. The number of nitrogens with one attached hydrogen (secondary N) is 1. The summed E-state index contributed by atoms with van der Waals surface area (Å²) in [6, 6.07) is 0.123. The number of hydrogen-bond acceptors (Lipinski definition) is 6. The third-order valence-electron chi connectivity index (χ3n) is 3.82. The lowest BCUT2D eigenvalue weighted by Gasteiger charge is -2.18. The zero-order valence-electron chi connectivity index (χ0n) is 12.7. The van der Waals surface area contributed by atoms with E-state index in [0.717, 1.165) is 37.5 Å². The summed E-state index contributed by atoms with van der Waals surface area (Å²) in [6.07, 6.45) is 5.29. The second-order valence-corrected chi connectivity index (χ2v) is 5.54. The first-order valence-electron chi connectivity index (χ1n) is 7.74. The van der Waals surface area contributed by atoms with Crippen molar-refractivity contribution >= 4 is 0 Å². The molecule has 0 saturated heterocycles. The molecular formula is C14H22N6O. The van der Waals surface area contributed by atoms with Crippen LogP contribution in [0.3, 0.4) is 0 Å². The maximum absolute atomic E-state index is 5.18. The number of rotatable bonds is 6. The highest BCUT2D eigenvalue weighted by molar-refractivity contribution is 5.03. The zero-order valence-corrected chi connectivity index (χ0v) is 12.7. The average molecular weight is 290 g/mol. The normalized spacial score (nSPS) is 15.9. The molecule has 0 radical (unpaired) electrons. The predicted molar refractivity (Wildman–Crippen MR) is 76.5 cm³/mol. The Hall–Kier alpha value is -1.76. The molecule has 2 aromatic rings. The van der Waals surface area contributed by atoms with Gasteiger partial charge >= 0.3 is 0 Å². The van der Waals surface area contributed by atoms with Crippen LogP contribution in [-0.2, 0) is 25.9 Å². The smallest absolute Gasteiger partial charge is 0.226 e. The van der Waals surface area contributed by atoms with Gasteiger partial charge in [0.2, 0.25) is 5.89 Å². The Labute approximate surface area is 124 Å². The maximum atomic E-state index is 5.18. The molecule has 1 atom stereocenters. The summed E-state index contributed by atoms with van der Waals surface area (Å²) in [5.74, 6) is 3.52. The van der Waals surface area contributed by atoms with E-state index in [1.165, 1.54) is 12.8 Å². The van der Waals surface area contributed by atoms with Crippen molar-refractivity contribution in [2.75, 3.05) is 0 Å². The molecule has 114 valence electrons. The van der Waals surface area contributed by atoms with Crippen LogP contribution in [0.4, 0.5) is 0 Å². The van der Waals surface area contributed by atoms with Gasteiger partial charge in [0.1, 0.15) is 11.6 Å². The van der Waals surface area contributed by atoms with Gasteiger partial charge in [-0.25, -0.2) is 0 Å². The molecule has 1 N–H and O–H groups in total. The molecule has 7 heteroatoms. The average Bonchev–Trinajstić information content (AvgIpc) is 3.12. The number of aromatic nitrogens is 5. The van der Waals surface area contributed by atoms with Crippen molar-refractivity contribution in [1.29, 1.82) is 0 Å². The number of hydrogen-bond donors (Lipinski definition) is 1. The Balaban J connectivity index is 1.60. The van der Waals surface area contributed by atoms with E-state index in [1.54, 1.807) is 0 Å². The fourth-order valence-electron chi connectivity index (χ4n) is 2.66. The van der Waals surface area contributed by atoms with Crippen molar-refractivity contribution < 1.29 is 4.52 Å². The Kier molecular flexibility index (Phi) is 4.28. The van der Waals surface area contributed by atoms with Crippen LogP contribution in [0.15, 0.2) is 4.52 Å². The molecule has 0 aliphatic carbocycles. The lowest BCUT2D eigenvalue weighted by Crippen LogP contribution is -2.24. The monoisotopic (exact) mass is 290 g/mol. The van der Waals surface area contributed by atoms with Gasteiger partial charge in [-0.05, 0) is 26.2 Å². The molecule has 3 heterocycles. The van der Waals surface area contributed by atoms with E-state index in [4.69, 9.17) is 4.52 Å². The van der Waals surface area contributed by atoms with E-state index in [1.807, 2.05) is 0 Å². The van der Waals surface area contributed by atoms with Gasteiger partial charge in [-0.15, -0.1) is 10.2 Å². The SMILES string of the molecule is CCCc1nc(CNC(C)c2nnc3n2CCCC3)no1. The quantitative estimate of drug-likeness (QED) is 0.873. The van der Waals surface area contributed by atoms with Crippen LogP contribution in [0.2, 0.25) is 0 Å². The van der Waals surface area contributed by atoms with Gasteiger partial charge in [0.05, 0.1) is 12.6 Å². The van der Waals surface area contributed by atoms with Gasteiger partial charge in [-0.3, -0.25) is 0 Å². The molecule has 1 aliphatic rings. The third kappa shape index (κ3) is 3.12. The van der Waals surface area contributed by atoms with Gasteiger partial charge in [-0.2, -0.15) is 4.98 Å². The Bertz CT molecular complexity index is 590. The third-order valence-corrected chi connectivity index (χ3v) is 3.82. The molecular weight excluding hydrogens is 268 g/mol. The molecule has 7 nitrogen and oxygen atoms in total. The second kappa shape index (κ2) is 6.34. The van der Waals surface area contributed by atoms with E-state index in [-0.39, 0.29) is 6.04 Å². The lowest BCUT2D eigenvalue weighted by molar-refractivity contribution is 0.368. The first-order chi connectivity index (χ1) is 10.3. The largest absolute Gasteiger partial charge is 0.339 e. The molecule has 1 aliphatic heterocycles. The fraction of sp³-hybridized carbons (Fsp3) is 0.714. The molecule has 0 amide bonds. The molecule has 0 aromatic carbocycles. The van der Waals surface area contributed by atoms with Crippen molar-refractivity contribution in [3.8, 4) is 0 Å². The Morgan fingerprint density at radius 1 is 1.33 bits per heavy atom. The molecule has 1 unspecified atom stereocenters. The van der Waals surface area contributed by atoms with Crippen molar-refractivity contribution in [3.05, 3.63) is 23.4 Å². The number of aryl methyl sites for hydroxylation is 2. The lowest BCUT2D eigenvalue weighted by atomic mass is 10.1. The van der Waals surface area contributed by atoms with Gasteiger partial charge in [0, 0.05) is 19.4 Å². The van der Waals surface area contributed by atoms with Gasteiger partial charge in [-0.1, -0.05) is 12.1 Å². The first-order valence-corrected chi connectivity index (χ1v) is 7.74. The minimum absolute atomic E-state index is 0.123. The predicted octanol–water partition coefficient (Wildman–Crippen LogP) is 1.80. The van der Waals surface area contributed by atoms with Crippen LogP contribution in [0.1, 0.15) is 62.5 Å². The van der Waals surface area contributed by atoms with Gasteiger partial charge in [0.25, 0.3) is 0 Å². The highest BCUT2D eigenvalue weighted by Crippen LogP contribution is 2.18. The molecule has 21 heavy (non-hydrogen) atoms. The summed E-state index contributed by atoms with van der Waals surface area (Å²) >= 11 is 0. The van der Waals surface area contributed by atoms with Crippen LogP contribution >= 0.6 is 0 Å².